The predicted octanol–water partition coefficient (Wildman–Crippen LogP) is 2.77. The average molecular weight is 395 g/mol. The number of carbonyl (C=O) groups is 2. The lowest BCUT2D eigenvalue weighted by Crippen LogP contribution is -2.43. The molecule has 3 aromatic rings. The zero-order valence-electron chi connectivity index (χ0n) is 16.3. The molecule has 1 aliphatic heterocycles. The number of aromatic nitrogens is 2. The number of nitrogens with zero attached hydrogens (tertiary/aromatic N) is 2. The number of anilines is 1. The fraction of sp³-hybridized carbons (Fsp3) is 0.286. The van der Waals surface area contributed by atoms with Crippen LogP contribution in [0.3, 0.4) is 0 Å². The van der Waals surface area contributed by atoms with Gasteiger partial charge >= 0.3 is 5.97 Å². The van der Waals surface area contributed by atoms with Crippen LogP contribution in [0.5, 0.6) is 11.5 Å². The number of imidazole rings is 1. The van der Waals surface area contributed by atoms with Crippen LogP contribution in [0.4, 0.5) is 5.95 Å². The van der Waals surface area contributed by atoms with E-state index in [1.165, 1.54) is 7.11 Å². The first kappa shape index (κ1) is 18.8. The molecule has 2 heterocycles. The lowest BCUT2D eigenvalue weighted by atomic mass is 9.89. The molecular weight excluding hydrogens is 374 g/mol. The highest BCUT2D eigenvalue weighted by atomic mass is 16.5. The molecule has 1 aliphatic rings. The first-order valence-corrected chi connectivity index (χ1v) is 9.25. The Labute approximate surface area is 167 Å². The van der Waals surface area contributed by atoms with Crippen molar-refractivity contribution in [1.82, 2.24) is 9.55 Å². The number of para-hydroxylation sites is 2. The second-order valence-corrected chi connectivity index (χ2v) is 6.57. The molecule has 0 fully saturated rings. The van der Waals surface area contributed by atoms with Crippen LogP contribution < -0.4 is 14.8 Å². The molecule has 1 N–H and O–H groups in total. The van der Waals surface area contributed by atoms with Crippen molar-refractivity contribution >= 4 is 28.9 Å². The Balaban J connectivity index is 1.98. The topological polar surface area (TPSA) is 91.7 Å². The van der Waals surface area contributed by atoms with Gasteiger partial charge in [-0.15, -0.1) is 0 Å². The molecule has 0 radical (unpaired) electrons. The molecule has 0 bridgehead atoms. The fourth-order valence-electron chi connectivity index (χ4n) is 3.74. The maximum atomic E-state index is 12.9. The number of carbonyl (C=O) groups excluding carboxylic acids is 2. The number of nitrogens with one attached hydrogen (secondary N) is 1. The largest absolute Gasteiger partial charge is 0.497 e. The quantitative estimate of drug-likeness (QED) is 0.528. The molecule has 0 aliphatic carbocycles. The van der Waals surface area contributed by atoms with Crippen LogP contribution in [0, 0.1) is 5.92 Å². The van der Waals surface area contributed by atoms with Crippen LogP contribution in [0.15, 0.2) is 42.5 Å². The summed E-state index contributed by atoms with van der Waals surface area (Å²) in [5.41, 5.74) is 2.16. The van der Waals surface area contributed by atoms with Gasteiger partial charge in [0.05, 0.1) is 37.9 Å². The fourth-order valence-corrected chi connectivity index (χ4v) is 3.74. The Hall–Kier alpha value is -3.55. The Bertz CT molecular complexity index is 1090. The summed E-state index contributed by atoms with van der Waals surface area (Å²) in [5, 5.41) is 2.75. The van der Waals surface area contributed by atoms with E-state index in [9.17, 15) is 9.59 Å². The standard InChI is InChI=1S/C21H21N3O5/c1-4-29-20(26)17-18(13-10-9-12(27-2)11-16(13)28-3)24-15-8-6-5-7-14(15)22-21(24)23-19(17)25/h5-11,17-18H,4H2,1-3H3,(H,22,23,25)/t17-,18-/m0/s1. The van der Waals surface area contributed by atoms with E-state index in [1.54, 1.807) is 32.2 Å². The van der Waals surface area contributed by atoms with Gasteiger partial charge in [-0.05, 0) is 31.2 Å². The molecule has 150 valence electrons. The van der Waals surface area contributed by atoms with E-state index in [2.05, 4.69) is 10.3 Å². The van der Waals surface area contributed by atoms with Crippen LogP contribution in [0.25, 0.3) is 11.0 Å². The molecule has 0 spiro atoms. The number of fused-ring (bicyclic) bond motifs is 3. The third-order valence-electron chi connectivity index (χ3n) is 5.01. The molecule has 8 heteroatoms. The van der Waals surface area contributed by atoms with Gasteiger partial charge in [0.1, 0.15) is 11.5 Å². The molecule has 2 aromatic carbocycles. The van der Waals surface area contributed by atoms with Crippen molar-refractivity contribution < 1.29 is 23.8 Å². The van der Waals surface area contributed by atoms with Crippen molar-refractivity contribution in [3.05, 3.63) is 48.0 Å². The number of amides is 1. The lowest BCUT2D eigenvalue weighted by Gasteiger charge is -2.33. The van der Waals surface area contributed by atoms with Gasteiger partial charge in [-0.2, -0.15) is 0 Å². The van der Waals surface area contributed by atoms with E-state index in [1.807, 2.05) is 28.8 Å². The molecule has 1 aromatic heterocycles. The van der Waals surface area contributed by atoms with E-state index < -0.39 is 23.8 Å². The van der Waals surface area contributed by atoms with Crippen LogP contribution in [-0.4, -0.2) is 42.3 Å². The summed E-state index contributed by atoms with van der Waals surface area (Å²) in [6.07, 6.45) is 0. The molecule has 2 atom stereocenters. The van der Waals surface area contributed by atoms with Crippen LogP contribution >= 0.6 is 0 Å². The van der Waals surface area contributed by atoms with E-state index >= 15 is 0 Å². The second-order valence-electron chi connectivity index (χ2n) is 6.57. The monoisotopic (exact) mass is 395 g/mol. The van der Waals surface area contributed by atoms with Crippen molar-refractivity contribution in [1.29, 1.82) is 0 Å². The zero-order chi connectivity index (χ0) is 20.5. The number of esters is 1. The summed E-state index contributed by atoms with van der Waals surface area (Å²) in [4.78, 5) is 30.2. The molecule has 0 unspecified atom stereocenters. The highest BCUT2D eigenvalue weighted by Gasteiger charge is 2.45. The SMILES string of the molecule is CCOC(=O)[C@@H]1C(=O)Nc2nc3ccccc3n2[C@H]1c1ccc(OC)cc1OC. The van der Waals surface area contributed by atoms with E-state index in [0.29, 0.717) is 28.5 Å². The van der Waals surface area contributed by atoms with Crippen LogP contribution in [0.2, 0.25) is 0 Å². The van der Waals surface area contributed by atoms with Gasteiger partial charge in [0.2, 0.25) is 11.9 Å². The van der Waals surface area contributed by atoms with Gasteiger partial charge in [-0.25, -0.2) is 4.98 Å². The summed E-state index contributed by atoms with van der Waals surface area (Å²) < 4.78 is 17.9. The van der Waals surface area contributed by atoms with E-state index in [0.717, 1.165) is 5.52 Å². The number of methoxy groups -OCH3 is 2. The van der Waals surface area contributed by atoms with Crippen molar-refractivity contribution in [2.45, 2.75) is 13.0 Å². The second kappa shape index (κ2) is 7.46. The van der Waals surface area contributed by atoms with Gasteiger partial charge in [0.15, 0.2) is 5.92 Å². The highest BCUT2D eigenvalue weighted by Crippen LogP contribution is 2.42. The van der Waals surface area contributed by atoms with Crippen LogP contribution in [-0.2, 0) is 14.3 Å². The van der Waals surface area contributed by atoms with Crippen molar-refractivity contribution in [2.24, 2.45) is 5.92 Å². The third kappa shape index (κ3) is 3.06. The highest BCUT2D eigenvalue weighted by molar-refractivity contribution is 6.07. The van der Waals surface area contributed by atoms with Crippen molar-refractivity contribution in [3.8, 4) is 11.5 Å². The number of hydrogen-bond donors (Lipinski definition) is 1. The maximum absolute atomic E-state index is 12.9. The molecule has 4 rings (SSSR count). The van der Waals surface area contributed by atoms with Crippen molar-refractivity contribution in [2.75, 3.05) is 26.1 Å². The normalized spacial score (nSPS) is 18.1. The Morgan fingerprint density at radius 2 is 1.97 bits per heavy atom. The molecule has 0 saturated carbocycles. The number of hydrogen-bond acceptors (Lipinski definition) is 6. The van der Waals surface area contributed by atoms with Gasteiger partial charge in [0.25, 0.3) is 0 Å². The van der Waals surface area contributed by atoms with E-state index in [4.69, 9.17) is 14.2 Å². The Morgan fingerprint density at radius 1 is 1.17 bits per heavy atom. The van der Waals surface area contributed by atoms with Crippen LogP contribution in [0.1, 0.15) is 18.5 Å². The molecule has 1 amide bonds. The smallest absolute Gasteiger partial charge is 0.321 e. The average Bonchev–Trinajstić information content (AvgIpc) is 3.10. The summed E-state index contributed by atoms with van der Waals surface area (Å²) in [5.74, 6) is -0.677. The predicted molar refractivity (Wildman–Crippen MR) is 106 cm³/mol. The summed E-state index contributed by atoms with van der Waals surface area (Å²) in [7, 11) is 3.10. The van der Waals surface area contributed by atoms with E-state index in [-0.39, 0.29) is 6.61 Å². The van der Waals surface area contributed by atoms with Gasteiger partial charge in [-0.3, -0.25) is 14.9 Å². The zero-order valence-corrected chi connectivity index (χ0v) is 16.3. The number of benzene rings is 2. The third-order valence-corrected chi connectivity index (χ3v) is 5.01. The first-order chi connectivity index (χ1) is 14.1. The van der Waals surface area contributed by atoms with Gasteiger partial charge in [-0.1, -0.05) is 12.1 Å². The lowest BCUT2D eigenvalue weighted by molar-refractivity contribution is -0.152. The molecule has 8 nitrogen and oxygen atoms in total. The van der Waals surface area contributed by atoms with Gasteiger partial charge in [0, 0.05) is 11.6 Å². The Morgan fingerprint density at radius 3 is 2.69 bits per heavy atom. The summed E-state index contributed by atoms with van der Waals surface area (Å²) >= 11 is 0. The molecule has 29 heavy (non-hydrogen) atoms. The van der Waals surface area contributed by atoms with Gasteiger partial charge < -0.3 is 18.8 Å². The summed E-state index contributed by atoms with van der Waals surface area (Å²) in [6.45, 7) is 1.88. The Kier molecular flexibility index (Phi) is 4.84. The number of ether oxygens (including phenoxy) is 3. The first-order valence-electron chi connectivity index (χ1n) is 9.25. The molecule has 0 saturated heterocycles. The minimum Gasteiger partial charge on any atom is -0.497 e. The minimum absolute atomic E-state index is 0.173. The minimum atomic E-state index is -1.10. The van der Waals surface area contributed by atoms with Crippen molar-refractivity contribution in [3.63, 3.8) is 0 Å². The summed E-state index contributed by atoms with van der Waals surface area (Å²) in [6, 6.07) is 12.1. The maximum Gasteiger partial charge on any atom is 0.321 e. The molecular formula is C21H21N3O5. The number of rotatable bonds is 5.